The van der Waals surface area contributed by atoms with Gasteiger partial charge in [0.25, 0.3) is 0 Å². The third-order valence-electron chi connectivity index (χ3n) is 6.60. The first kappa shape index (κ1) is 22.0. The topological polar surface area (TPSA) is 0 Å². The zero-order chi connectivity index (χ0) is 21.8. The molecule has 0 unspecified atom stereocenters. The number of hydrogen-bond acceptors (Lipinski definition) is 1. The van der Waals surface area contributed by atoms with Crippen molar-refractivity contribution in [2.75, 3.05) is 0 Å². The molecule has 0 aliphatic rings. The Morgan fingerprint density at radius 3 is 2.19 bits per heavy atom. The summed E-state index contributed by atoms with van der Waals surface area (Å²) in [5.41, 5.74) is 2.90. The molecular formula is C30H32SSe. The van der Waals surface area contributed by atoms with Crippen molar-refractivity contribution in [3.05, 3.63) is 71.6 Å². The van der Waals surface area contributed by atoms with Crippen LogP contribution in [0.25, 0.3) is 40.5 Å². The van der Waals surface area contributed by atoms with Crippen LogP contribution in [0.2, 0.25) is 0 Å². The van der Waals surface area contributed by atoms with Crippen LogP contribution in [-0.2, 0) is 6.42 Å². The Morgan fingerprint density at radius 2 is 1.38 bits per heavy atom. The molecule has 32 heavy (non-hydrogen) atoms. The summed E-state index contributed by atoms with van der Waals surface area (Å²) < 4.78 is 4.43. The SMILES string of the molecule is CCCCCCCCCCc1ccc(-c2cc3cc4cc5sccc5cc4cc3[se]2)cc1. The molecule has 0 saturated carbocycles. The van der Waals surface area contributed by atoms with E-state index in [2.05, 4.69) is 73.0 Å². The van der Waals surface area contributed by atoms with Gasteiger partial charge in [-0.1, -0.05) is 19.8 Å². The number of aryl methyl sites for hydroxylation is 1. The number of hydrogen-bond donors (Lipinski definition) is 0. The van der Waals surface area contributed by atoms with E-state index in [0.717, 1.165) is 0 Å². The minimum atomic E-state index is 0.395. The van der Waals surface area contributed by atoms with Gasteiger partial charge in [-0.05, 0) is 0 Å². The Labute approximate surface area is 202 Å². The van der Waals surface area contributed by atoms with Crippen molar-refractivity contribution in [1.29, 1.82) is 0 Å². The first-order chi connectivity index (χ1) is 15.8. The van der Waals surface area contributed by atoms with Gasteiger partial charge in [-0.25, -0.2) is 0 Å². The van der Waals surface area contributed by atoms with Gasteiger partial charge >= 0.3 is 183 Å². The Balaban J connectivity index is 1.23. The average molecular weight is 504 g/mol. The van der Waals surface area contributed by atoms with Gasteiger partial charge in [-0.15, -0.1) is 0 Å². The summed E-state index contributed by atoms with van der Waals surface area (Å²) in [4.78, 5) is 0. The Bertz CT molecular complexity index is 1240. The molecule has 2 heterocycles. The molecule has 0 saturated heterocycles. The standard InChI is InChI=1S/C30H32SSe/c1-2-3-4-5-6-7-8-9-10-22-11-13-23(14-12-22)29-21-27-18-25-19-28-24(15-16-31-28)17-26(25)20-30(27)32-29/h11-21H,2-10H2,1H3. The van der Waals surface area contributed by atoms with Crippen LogP contribution in [0.4, 0.5) is 0 Å². The van der Waals surface area contributed by atoms with Crippen molar-refractivity contribution in [2.24, 2.45) is 0 Å². The van der Waals surface area contributed by atoms with E-state index in [1.165, 1.54) is 104 Å². The summed E-state index contributed by atoms with van der Waals surface area (Å²) in [5, 5.41) is 7.73. The van der Waals surface area contributed by atoms with E-state index >= 15 is 0 Å². The molecule has 0 atom stereocenters. The summed E-state index contributed by atoms with van der Waals surface area (Å²) in [7, 11) is 0. The molecular weight excluding hydrogens is 471 g/mol. The molecule has 0 amide bonds. The number of fused-ring (bicyclic) bond motifs is 3. The van der Waals surface area contributed by atoms with Gasteiger partial charge in [0.05, 0.1) is 0 Å². The van der Waals surface area contributed by atoms with Gasteiger partial charge in [0, 0.05) is 0 Å². The number of thiophene rings is 1. The maximum absolute atomic E-state index is 2.43. The third-order valence-corrected chi connectivity index (χ3v) is 9.89. The number of benzene rings is 3. The summed E-state index contributed by atoms with van der Waals surface area (Å²) in [6, 6.07) is 23.6. The van der Waals surface area contributed by atoms with Crippen LogP contribution in [-0.4, -0.2) is 14.5 Å². The molecule has 0 N–H and O–H groups in total. The summed E-state index contributed by atoms with van der Waals surface area (Å²) >= 11 is 2.23. The molecule has 5 rings (SSSR count). The Kier molecular flexibility index (Phi) is 7.12. The molecule has 0 aliphatic heterocycles. The summed E-state index contributed by atoms with van der Waals surface area (Å²) in [6.45, 7) is 2.29. The van der Waals surface area contributed by atoms with Gasteiger partial charge in [-0.2, -0.15) is 0 Å². The zero-order valence-corrected chi connectivity index (χ0v) is 21.6. The van der Waals surface area contributed by atoms with E-state index in [1.807, 2.05) is 11.3 Å². The average Bonchev–Trinajstić information content (AvgIpc) is 3.44. The molecule has 0 radical (unpaired) electrons. The van der Waals surface area contributed by atoms with Crippen LogP contribution in [0, 0.1) is 0 Å². The maximum atomic E-state index is 2.43. The normalized spacial score (nSPS) is 11.8. The molecule has 0 fully saturated rings. The van der Waals surface area contributed by atoms with E-state index in [0.29, 0.717) is 14.5 Å². The number of rotatable bonds is 10. The quantitative estimate of drug-likeness (QED) is 0.131. The minimum absolute atomic E-state index is 0.395. The second kappa shape index (κ2) is 10.4. The van der Waals surface area contributed by atoms with Crippen molar-refractivity contribution in [3.8, 4) is 10.0 Å². The fraction of sp³-hybridized carbons (Fsp3) is 0.333. The second-order valence-electron chi connectivity index (χ2n) is 9.08. The van der Waals surface area contributed by atoms with Crippen molar-refractivity contribution < 1.29 is 0 Å². The third kappa shape index (κ3) is 5.04. The first-order valence-electron chi connectivity index (χ1n) is 12.2. The molecule has 0 bridgehead atoms. The first-order valence-corrected chi connectivity index (χ1v) is 14.8. The van der Waals surface area contributed by atoms with Gasteiger partial charge in [-0.3, -0.25) is 0 Å². The predicted octanol–water partition coefficient (Wildman–Crippen LogP) is 9.61. The number of unbranched alkanes of at least 4 members (excludes halogenated alkanes) is 7. The van der Waals surface area contributed by atoms with Gasteiger partial charge < -0.3 is 0 Å². The van der Waals surface area contributed by atoms with Gasteiger partial charge in [0.2, 0.25) is 0 Å². The van der Waals surface area contributed by atoms with Crippen LogP contribution in [0.15, 0.2) is 66.0 Å². The molecule has 2 aromatic heterocycles. The van der Waals surface area contributed by atoms with Crippen molar-refractivity contribution in [2.45, 2.75) is 64.7 Å². The van der Waals surface area contributed by atoms with Gasteiger partial charge in [0.1, 0.15) is 0 Å². The summed E-state index contributed by atoms with van der Waals surface area (Å²) in [6.07, 6.45) is 12.4. The van der Waals surface area contributed by atoms with Crippen LogP contribution in [0.3, 0.4) is 0 Å². The summed E-state index contributed by atoms with van der Waals surface area (Å²) in [5.74, 6) is 0. The van der Waals surface area contributed by atoms with Crippen LogP contribution in [0.1, 0.15) is 63.9 Å². The Morgan fingerprint density at radius 1 is 0.656 bits per heavy atom. The van der Waals surface area contributed by atoms with E-state index in [-0.39, 0.29) is 0 Å². The van der Waals surface area contributed by atoms with Crippen LogP contribution < -0.4 is 0 Å². The molecule has 2 heteroatoms. The second-order valence-corrected chi connectivity index (χ2v) is 12.3. The van der Waals surface area contributed by atoms with Crippen molar-refractivity contribution >= 4 is 56.3 Å². The van der Waals surface area contributed by atoms with Crippen molar-refractivity contribution in [3.63, 3.8) is 0 Å². The van der Waals surface area contributed by atoms with E-state index in [4.69, 9.17) is 0 Å². The fourth-order valence-electron chi connectivity index (χ4n) is 4.69. The Hall–Kier alpha value is -1.86. The van der Waals surface area contributed by atoms with Gasteiger partial charge in [0.15, 0.2) is 0 Å². The molecule has 5 aromatic rings. The monoisotopic (exact) mass is 504 g/mol. The molecule has 0 aliphatic carbocycles. The fourth-order valence-corrected chi connectivity index (χ4v) is 7.81. The molecule has 164 valence electrons. The van der Waals surface area contributed by atoms with E-state index < -0.39 is 0 Å². The molecule has 0 spiro atoms. The molecule has 3 aromatic carbocycles. The van der Waals surface area contributed by atoms with Crippen molar-refractivity contribution in [1.82, 2.24) is 0 Å². The molecule has 0 nitrogen and oxygen atoms in total. The predicted molar refractivity (Wildman–Crippen MR) is 146 cm³/mol. The van der Waals surface area contributed by atoms with E-state index in [1.54, 1.807) is 0 Å². The van der Waals surface area contributed by atoms with Crippen LogP contribution in [0.5, 0.6) is 0 Å². The zero-order valence-electron chi connectivity index (χ0n) is 19.0. The van der Waals surface area contributed by atoms with E-state index in [9.17, 15) is 0 Å². The van der Waals surface area contributed by atoms with Crippen LogP contribution >= 0.6 is 11.3 Å².